The highest BCUT2D eigenvalue weighted by Gasteiger charge is 2.40. The van der Waals surface area contributed by atoms with Gasteiger partial charge >= 0.3 is 0 Å². The number of thiazole rings is 1. The van der Waals surface area contributed by atoms with Gasteiger partial charge in [-0.1, -0.05) is 36.9 Å². The lowest BCUT2D eigenvalue weighted by Crippen LogP contribution is -2.52. The van der Waals surface area contributed by atoms with E-state index in [1.54, 1.807) is 18.3 Å². The van der Waals surface area contributed by atoms with Crippen LogP contribution in [0, 0.1) is 6.92 Å². The van der Waals surface area contributed by atoms with Gasteiger partial charge in [-0.3, -0.25) is 9.59 Å². The third-order valence-electron chi connectivity index (χ3n) is 5.78. The highest BCUT2D eigenvalue weighted by atomic mass is 32.2. The summed E-state index contributed by atoms with van der Waals surface area (Å²) in [5.74, 6) is 0.731. The molecule has 1 aliphatic rings. The first-order valence-corrected chi connectivity index (χ1v) is 11.9. The number of aromatic nitrogens is 1. The van der Waals surface area contributed by atoms with Gasteiger partial charge in [0.1, 0.15) is 0 Å². The molecule has 1 amide bonds. The number of rotatable bonds is 4. The molecule has 2 aromatic carbocycles. The van der Waals surface area contributed by atoms with E-state index in [0.29, 0.717) is 17.2 Å². The van der Waals surface area contributed by atoms with E-state index >= 15 is 0 Å². The summed E-state index contributed by atoms with van der Waals surface area (Å²) in [5.41, 5.74) is 4.34. The maximum atomic E-state index is 13.4. The number of nitrogens with zero attached hydrogens (tertiary/aromatic N) is 2. The molecule has 30 heavy (non-hydrogen) atoms. The standard InChI is InChI=1S/C24H26N2O2S2/c1-14-10-18-15(2)12-24(4,5)26(20(18)11-17(14)16(3)27)22(28)13-29-23-25-19-8-6-7-9-21(19)30-23/h6-11,15H,12-13H2,1-5H3/t15-/m0/s1. The maximum absolute atomic E-state index is 13.4. The second-order valence-corrected chi connectivity index (χ2v) is 10.9. The summed E-state index contributed by atoms with van der Waals surface area (Å²) in [6, 6.07) is 12.0. The first kappa shape index (κ1) is 21.1. The molecule has 0 radical (unpaired) electrons. The number of carbonyl (C=O) groups excluding carboxylic acids is 2. The number of hydrogen-bond donors (Lipinski definition) is 0. The second kappa shape index (κ2) is 7.82. The van der Waals surface area contributed by atoms with Crippen molar-refractivity contribution in [2.24, 2.45) is 0 Å². The van der Waals surface area contributed by atoms with Gasteiger partial charge in [-0.25, -0.2) is 4.98 Å². The molecule has 3 aromatic rings. The van der Waals surface area contributed by atoms with Gasteiger partial charge in [0.2, 0.25) is 5.91 Å². The van der Waals surface area contributed by atoms with Crippen LogP contribution in [0.1, 0.15) is 61.5 Å². The largest absolute Gasteiger partial charge is 0.306 e. The molecule has 0 unspecified atom stereocenters. The van der Waals surface area contributed by atoms with Crippen LogP contribution in [0.25, 0.3) is 10.2 Å². The summed E-state index contributed by atoms with van der Waals surface area (Å²) < 4.78 is 2.03. The van der Waals surface area contributed by atoms with Crippen LogP contribution in [-0.2, 0) is 4.79 Å². The van der Waals surface area contributed by atoms with Crippen molar-refractivity contribution in [2.75, 3.05) is 10.7 Å². The Morgan fingerprint density at radius 3 is 2.70 bits per heavy atom. The van der Waals surface area contributed by atoms with Crippen LogP contribution < -0.4 is 4.90 Å². The SMILES string of the molecule is CC(=O)c1cc2c(cc1C)[C@@H](C)CC(C)(C)N2C(=O)CSc1nc2ccccc2s1. The summed E-state index contributed by atoms with van der Waals surface area (Å²) in [7, 11) is 0. The van der Waals surface area contributed by atoms with Gasteiger partial charge in [0.05, 0.1) is 16.0 Å². The fourth-order valence-corrected chi connectivity index (χ4v) is 6.45. The number of Topliss-reactive ketones (excluding diaryl/α,β-unsaturated/α-hetero) is 1. The van der Waals surface area contributed by atoms with E-state index in [4.69, 9.17) is 0 Å². The Bertz CT molecular complexity index is 1120. The molecule has 1 aliphatic heterocycles. The summed E-state index contributed by atoms with van der Waals surface area (Å²) >= 11 is 3.10. The predicted molar refractivity (Wildman–Crippen MR) is 126 cm³/mol. The molecule has 0 bridgehead atoms. The quantitative estimate of drug-likeness (QED) is 0.358. The van der Waals surface area contributed by atoms with Crippen molar-refractivity contribution in [3.63, 3.8) is 0 Å². The highest BCUT2D eigenvalue weighted by molar-refractivity contribution is 8.01. The minimum Gasteiger partial charge on any atom is -0.306 e. The van der Waals surface area contributed by atoms with Gasteiger partial charge in [0.25, 0.3) is 0 Å². The fourth-order valence-electron chi connectivity index (χ4n) is 4.54. The molecule has 6 heteroatoms. The zero-order chi connectivity index (χ0) is 21.6. The van der Waals surface area contributed by atoms with Crippen molar-refractivity contribution >= 4 is 50.7 Å². The van der Waals surface area contributed by atoms with E-state index in [-0.39, 0.29) is 17.2 Å². The van der Waals surface area contributed by atoms with Crippen LogP contribution in [0.3, 0.4) is 0 Å². The fraction of sp³-hybridized carbons (Fsp3) is 0.375. The van der Waals surface area contributed by atoms with Gasteiger partial charge < -0.3 is 4.90 Å². The van der Waals surface area contributed by atoms with Crippen LogP contribution in [0.5, 0.6) is 0 Å². The zero-order valence-electron chi connectivity index (χ0n) is 18.0. The number of carbonyl (C=O) groups is 2. The molecule has 0 saturated heterocycles. The minimum absolute atomic E-state index is 0.0302. The summed E-state index contributed by atoms with van der Waals surface area (Å²) in [4.78, 5) is 32.1. The Hall–Kier alpha value is -2.18. The maximum Gasteiger partial charge on any atom is 0.237 e. The number of aryl methyl sites for hydroxylation is 1. The minimum atomic E-state index is -0.318. The van der Waals surface area contributed by atoms with Crippen molar-refractivity contribution < 1.29 is 9.59 Å². The topological polar surface area (TPSA) is 50.3 Å². The number of hydrogen-bond acceptors (Lipinski definition) is 5. The van der Waals surface area contributed by atoms with Gasteiger partial charge in [-0.2, -0.15) is 0 Å². The number of amides is 1. The monoisotopic (exact) mass is 438 g/mol. The molecule has 0 aliphatic carbocycles. The normalized spacial score (nSPS) is 17.8. The summed E-state index contributed by atoms with van der Waals surface area (Å²) in [6.45, 7) is 9.98. The van der Waals surface area contributed by atoms with Crippen molar-refractivity contribution in [1.82, 2.24) is 4.98 Å². The molecule has 0 spiro atoms. The molecule has 2 heterocycles. The second-order valence-electron chi connectivity index (χ2n) is 8.67. The molecule has 0 fully saturated rings. The Kier molecular flexibility index (Phi) is 5.49. The first-order valence-electron chi connectivity index (χ1n) is 10.1. The number of benzene rings is 2. The summed E-state index contributed by atoms with van der Waals surface area (Å²) in [5, 5.41) is 0. The Balaban J connectivity index is 1.66. The highest BCUT2D eigenvalue weighted by Crippen LogP contribution is 2.45. The molecular weight excluding hydrogens is 412 g/mol. The Labute approximate surface area is 185 Å². The van der Waals surface area contributed by atoms with Gasteiger partial charge in [-0.15, -0.1) is 11.3 Å². The Morgan fingerprint density at radius 2 is 2.00 bits per heavy atom. The average molecular weight is 439 g/mol. The Morgan fingerprint density at radius 1 is 1.27 bits per heavy atom. The first-order chi connectivity index (χ1) is 14.2. The van der Waals surface area contributed by atoms with Crippen LogP contribution in [0.15, 0.2) is 40.7 Å². The zero-order valence-corrected chi connectivity index (χ0v) is 19.6. The van der Waals surface area contributed by atoms with Crippen LogP contribution in [-0.4, -0.2) is 28.0 Å². The van der Waals surface area contributed by atoms with Crippen molar-refractivity contribution in [3.05, 3.63) is 53.1 Å². The van der Waals surface area contributed by atoms with Crippen LogP contribution >= 0.6 is 23.1 Å². The number of fused-ring (bicyclic) bond motifs is 2. The molecule has 156 valence electrons. The van der Waals surface area contributed by atoms with Crippen LogP contribution in [0.2, 0.25) is 0 Å². The molecule has 0 saturated carbocycles. The van der Waals surface area contributed by atoms with Crippen molar-refractivity contribution in [3.8, 4) is 0 Å². The number of ketones is 1. The van der Waals surface area contributed by atoms with E-state index < -0.39 is 0 Å². The lowest BCUT2D eigenvalue weighted by Gasteiger charge is -2.46. The van der Waals surface area contributed by atoms with Gasteiger partial charge in [0, 0.05) is 16.8 Å². The molecule has 1 aromatic heterocycles. The molecule has 0 N–H and O–H groups in total. The van der Waals surface area contributed by atoms with E-state index in [0.717, 1.165) is 37.8 Å². The van der Waals surface area contributed by atoms with E-state index in [1.807, 2.05) is 36.1 Å². The smallest absolute Gasteiger partial charge is 0.237 e. The third-order valence-corrected chi connectivity index (χ3v) is 7.94. The van der Waals surface area contributed by atoms with Crippen molar-refractivity contribution in [1.29, 1.82) is 0 Å². The average Bonchev–Trinajstić information content (AvgIpc) is 3.08. The molecule has 4 nitrogen and oxygen atoms in total. The van der Waals surface area contributed by atoms with E-state index in [1.165, 1.54) is 11.8 Å². The van der Waals surface area contributed by atoms with Gasteiger partial charge in [0.15, 0.2) is 10.1 Å². The lowest BCUT2D eigenvalue weighted by atomic mass is 9.78. The number of anilines is 1. The number of para-hydroxylation sites is 1. The molecular formula is C24H26N2O2S2. The van der Waals surface area contributed by atoms with Crippen molar-refractivity contribution in [2.45, 2.75) is 56.8 Å². The van der Waals surface area contributed by atoms with Crippen LogP contribution in [0.4, 0.5) is 5.69 Å². The molecule has 1 atom stereocenters. The summed E-state index contributed by atoms with van der Waals surface area (Å²) in [6.07, 6.45) is 0.885. The van der Waals surface area contributed by atoms with E-state index in [9.17, 15) is 9.59 Å². The third kappa shape index (κ3) is 3.79. The number of thioether (sulfide) groups is 1. The van der Waals surface area contributed by atoms with Gasteiger partial charge in [-0.05, 0) is 69.4 Å². The van der Waals surface area contributed by atoms with E-state index in [2.05, 4.69) is 37.9 Å². The molecule has 4 rings (SSSR count). The lowest BCUT2D eigenvalue weighted by molar-refractivity contribution is -0.117. The predicted octanol–water partition coefficient (Wildman–Crippen LogP) is 6.22.